The van der Waals surface area contributed by atoms with Crippen molar-refractivity contribution in [2.24, 2.45) is 0 Å². The first-order valence-electron chi connectivity index (χ1n) is 9.63. The minimum atomic E-state index is -0.335. The molecule has 0 saturated carbocycles. The zero-order chi connectivity index (χ0) is 18.4. The third-order valence-electron chi connectivity index (χ3n) is 6.04. The van der Waals surface area contributed by atoms with Gasteiger partial charge in [0.05, 0.1) is 24.9 Å². The molecule has 3 aliphatic rings. The topological polar surface area (TPSA) is 62.2 Å². The second-order valence-electron chi connectivity index (χ2n) is 7.67. The smallest absolute Gasteiger partial charge is 0.339 e. The Morgan fingerprint density at radius 1 is 1.11 bits per heavy atom. The second kappa shape index (κ2) is 6.87. The summed E-state index contributed by atoms with van der Waals surface area (Å²) in [5, 5.41) is 12.7. The third kappa shape index (κ3) is 3.02. The molecule has 0 unspecified atom stereocenters. The van der Waals surface area contributed by atoms with Gasteiger partial charge in [0, 0.05) is 44.2 Å². The molecule has 142 valence electrons. The van der Waals surface area contributed by atoms with Crippen molar-refractivity contribution in [1.29, 1.82) is 0 Å². The van der Waals surface area contributed by atoms with E-state index in [0.717, 1.165) is 55.7 Å². The molecule has 6 nitrogen and oxygen atoms in total. The lowest BCUT2D eigenvalue weighted by atomic mass is 9.94. The summed E-state index contributed by atoms with van der Waals surface area (Å²) in [7, 11) is 0. The van der Waals surface area contributed by atoms with Gasteiger partial charge in [-0.05, 0) is 22.6 Å². The van der Waals surface area contributed by atoms with E-state index in [1.165, 1.54) is 5.56 Å². The summed E-state index contributed by atoms with van der Waals surface area (Å²) in [4.78, 5) is 16.8. The van der Waals surface area contributed by atoms with E-state index in [0.29, 0.717) is 18.7 Å². The lowest BCUT2D eigenvalue weighted by molar-refractivity contribution is -0.00618. The van der Waals surface area contributed by atoms with E-state index < -0.39 is 0 Å². The Labute approximate surface area is 158 Å². The van der Waals surface area contributed by atoms with E-state index in [9.17, 15) is 9.90 Å². The number of nitrogens with zero attached hydrogens (tertiary/aromatic N) is 2. The molecule has 2 aromatic rings. The van der Waals surface area contributed by atoms with Gasteiger partial charge < -0.3 is 14.6 Å². The number of hydrogen-bond donors (Lipinski definition) is 1. The number of esters is 1. The highest BCUT2D eigenvalue weighted by molar-refractivity contribution is 6.08. The van der Waals surface area contributed by atoms with E-state index >= 15 is 0 Å². The van der Waals surface area contributed by atoms with E-state index in [1.807, 2.05) is 12.1 Å². The quantitative estimate of drug-likeness (QED) is 0.826. The summed E-state index contributed by atoms with van der Waals surface area (Å²) in [6, 6.07) is 10.2. The van der Waals surface area contributed by atoms with Crippen molar-refractivity contribution in [3.63, 3.8) is 0 Å². The summed E-state index contributed by atoms with van der Waals surface area (Å²) in [6.45, 7) is 5.90. The Bertz CT molecular complexity index is 878. The molecule has 6 heteroatoms. The molecule has 2 saturated heterocycles. The Kier molecular flexibility index (Phi) is 4.36. The molecule has 0 amide bonds. The molecule has 0 bridgehead atoms. The third-order valence-corrected chi connectivity index (χ3v) is 6.04. The number of hydrogen-bond acceptors (Lipinski definition) is 6. The van der Waals surface area contributed by atoms with Gasteiger partial charge in [0.15, 0.2) is 0 Å². The average molecular weight is 368 g/mol. The maximum absolute atomic E-state index is 12.1. The summed E-state index contributed by atoms with van der Waals surface area (Å²) in [5.74, 6) is -0.241. The van der Waals surface area contributed by atoms with Gasteiger partial charge in [-0.25, -0.2) is 4.79 Å². The maximum Gasteiger partial charge on any atom is 0.339 e. The summed E-state index contributed by atoms with van der Waals surface area (Å²) in [6.07, 6.45) is -0.335. The molecule has 2 aromatic carbocycles. The number of aliphatic hydroxyl groups is 1. The van der Waals surface area contributed by atoms with Gasteiger partial charge in [0.2, 0.25) is 0 Å². The highest BCUT2D eigenvalue weighted by atomic mass is 16.5. The average Bonchev–Trinajstić information content (AvgIpc) is 3.07. The number of carbonyl (C=O) groups excluding carboxylic acids is 1. The van der Waals surface area contributed by atoms with Crippen molar-refractivity contribution in [3.05, 3.63) is 47.0 Å². The van der Waals surface area contributed by atoms with Crippen LogP contribution in [0.3, 0.4) is 0 Å². The van der Waals surface area contributed by atoms with Gasteiger partial charge in [-0.3, -0.25) is 9.80 Å². The molecule has 0 aliphatic carbocycles. The minimum absolute atomic E-state index is 0.170. The zero-order valence-corrected chi connectivity index (χ0v) is 15.3. The molecule has 0 aromatic heterocycles. The number of aliphatic hydroxyl groups excluding tert-OH is 1. The number of morpholine rings is 1. The first-order valence-corrected chi connectivity index (χ1v) is 9.63. The molecule has 0 spiro atoms. The molecule has 3 aliphatic heterocycles. The Morgan fingerprint density at radius 3 is 2.81 bits per heavy atom. The number of rotatable bonds is 3. The van der Waals surface area contributed by atoms with Crippen LogP contribution in [0.15, 0.2) is 30.3 Å². The summed E-state index contributed by atoms with van der Waals surface area (Å²) >= 11 is 0. The van der Waals surface area contributed by atoms with Crippen LogP contribution in [0.2, 0.25) is 0 Å². The van der Waals surface area contributed by atoms with Crippen LogP contribution in [-0.2, 0) is 22.6 Å². The number of carbonyl (C=O) groups is 1. The van der Waals surface area contributed by atoms with Gasteiger partial charge in [0.1, 0.15) is 6.61 Å². The largest absolute Gasteiger partial charge is 0.457 e. The molecule has 1 N–H and O–H groups in total. The number of cyclic esters (lactones) is 1. The normalized spacial score (nSPS) is 26.5. The maximum atomic E-state index is 12.1. The van der Waals surface area contributed by atoms with Crippen LogP contribution in [0.5, 0.6) is 0 Å². The Hall–Kier alpha value is -1.99. The van der Waals surface area contributed by atoms with Crippen LogP contribution < -0.4 is 0 Å². The van der Waals surface area contributed by atoms with Crippen LogP contribution in [0.1, 0.15) is 21.5 Å². The highest BCUT2D eigenvalue weighted by Gasteiger charge is 2.36. The zero-order valence-electron chi connectivity index (χ0n) is 15.3. The Balaban J connectivity index is 1.40. The highest BCUT2D eigenvalue weighted by Crippen LogP contribution is 2.32. The monoisotopic (exact) mass is 368 g/mol. The van der Waals surface area contributed by atoms with Crippen LogP contribution in [-0.4, -0.2) is 72.4 Å². The molecular formula is C21H24N2O4. The van der Waals surface area contributed by atoms with Crippen LogP contribution in [0.25, 0.3) is 10.8 Å². The lowest BCUT2D eigenvalue weighted by Gasteiger charge is -2.33. The predicted octanol–water partition coefficient (Wildman–Crippen LogP) is 1.39. The number of likely N-dealkylation sites (tertiary alicyclic amines) is 1. The lowest BCUT2D eigenvalue weighted by Crippen LogP contribution is -2.48. The van der Waals surface area contributed by atoms with Crippen molar-refractivity contribution in [3.8, 4) is 0 Å². The molecule has 2 fully saturated rings. The Morgan fingerprint density at radius 2 is 1.96 bits per heavy atom. The molecular weight excluding hydrogens is 344 g/mol. The van der Waals surface area contributed by atoms with Crippen molar-refractivity contribution < 1.29 is 19.4 Å². The molecule has 0 radical (unpaired) electrons. The van der Waals surface area contributed by atoms with Crippen molar-refractivity contribution in [2.45, 2.75) is 25.3 Å². The second-order valence-corrected chi connectivity index (χ2v) is 7.67. The molecule has 27 heavy (non-hydrogen) atoms. The van der Waals surface area contributed by atoms with E-state index in [2.05, 4.69) is 28.0 Å². The molecule has 3 heterocycles. The van der Waals surface area contributed by atoms with E-state index in [-0.39, 0.29) is 18.1 Å². The predicted molar refractivity (Wildman–Crippen MR) is 101 cm³/mol. The molecule has 5 rings (SSSR count). The fourth-order valence-corrected chi connectivity index (χ4v) is 4.67. The van der Waals surface area contributed by atoms with Crippen molar-refractivity contribution in [1.82, 2.24) is 9.80 Å². The SMILES string of the molecule is O=C1OCc2ccc(CN3C[C@@H](O)[C@H](N4CCOCC4)C3)c3cccc1c23. The van der Waals surface area contributed by atoms with E-state index in [4.69, 9.17) is 9.47 Å². The minimum Gasteiger partial charge on any atom is -0.457 e. The fourth-order valence-electron chi connectivity index (χ4n) is 4.67. The van der Waals surface area contributed by atoms with Gasteiger partial charge in [-0.15, -0.1) is 0 Å². The van der Waals surface area contributed by atoms with Gasteiger partial charge in [-0.1, -0.05) is 24.3 Å². The first-order chi connectivity index (χ1) is 13.2. The van der Waals surface area contributed by atoms with Crippen LogP contribution >= 0.6 is 0 Å². The van der Waals surface area contributed by atoms with E-state index in [1.54, 1.807) is 0 Å². The van der Waals surface area contributed by atoms with Gasteiger partial charge in [0.25, 0.3) is 0 Å². The number of β-amino-alcohol motifs (C(OH)–C–C–N with tert-alkyl or cyclic N) is 1. The molecule has 2 atom stereocenters. The van der Waals surface area contributed by atoms with Gasteiger partial charge in [-0.2, -0.15) is 0 Å². The van der Waals surface area contributed by atoms with Crippen molar-refractivity contribution in [2.75, 3.05) is 39.4 Å². The van der Waals surface area contributed by atoms with Gasteiger partial charge >= 0.3 is 5.97 Å². The van der Waals surface area contributed by atoms with Crippen LogP contribution in [0, 0.1) is 0 Å². The summed E-state index contributed by atoms with van der Waals surface area (Å²) in [5.41, 5.74) is 2.92. The number of benzene rings is 2. The number of ether oxygens (including phenoxy) is 2. The summed E-state index contributed by atoms with van der Waals surface area (Å²) < 4.78 is 10.7. The standard InChI is InChI=1S/C21H24N2O4/c24-19-12-22(11-18(19)23-6-8-26-9-7-23)10-14-4-5-15-13-27-21(25)17-3-1-2-16(14)20(15)17/h1-5,18-19,24H,6-13H2/t18-,19-/m1/s1. The first kappa shape index (κ1) is 17.1. The van der Waals surface area contributed by atoms with Crippen LogP contribution in [0.4, 0.5) is 0 Å². The fraction of sp³-hybridized carbons (Fsp3) is 0.476. The van der Waals surface area contributed by atoms with Crippen molar-refractivity contribution >= 4 is 16.7 Å².